The van der Waals surface area contributed by atoms with E-state index in [0.717, 1.165) is 16.3 Å². The molecule has 0 bridgehead atoms. The lowest BCUT2D eigenvalue weighted by molar-refractivity contribution is -0.123. The fraction of sp³-hybridized carbons (Fsp3) is 0.143. The summed E-state index contributed by atoms with van der Waals surface area (Å²) < 4.78 is 5.25. The van der Waals surface area contributed by atoms with E-state index in [4.69, 9.17) is 4.74 Å². The van der Waals surface area contributed by atoms with Gasteiger partial charge in [-0.3, -0.25) is 4.79 Å². The van der Waals surface area contributed by atoms with Gasteiger partial charge in [-0.2, -0.15) is 0 Å². The van der Waals surface area contributed by atoms with Crippen LogP contribution >= 0.6 is 0 Å². The molecule has 3 aromatic carbocycles. The summed E-state index contributed by atoms with van der Waals surface area (Å²) in [6, 6.07) is 20.6. The minimum atomic E-state index is -0.889. The smallest absolute Gasteiger partial charge is 0.338 e. The van der Waals surface area contributed by atoms with Crippen LogP contribution in [0.1, 0.15) is 22.8 Å². The molecule has 0 saturated carbocycles. The Bertz CT molecular complexity index is 916. The third kappa shape index (κ3) is 4.04. The predicted octanol–water partition coefficient (Wildman–Crippen LogP) is 4.33. The van der Waals surface area contributed by atoms with E-state index in [9.17, 15) is 9.59 Å². The van der Waals surface area contributed by atoms with Gasteiger partial charge in [0.05, 0.1) is 5.56 Å². The van der Waals surface area contributed by atoms with Crippen LogP contribution in [0.4, 0.5) is 5.69 Å². The summed E-state index contributed by atoms with van der Waals surface area (Å²) in [5.41, 5.74) is 2.15. The number of anilines is 1. The Morgan fingerprint density at radius 2 is 1.60 bits per heavy atom. The van der Waals surface area contributed by atoms with Crippen molar-refractivity contribution in [3.63, 3.8) is 0 Å². The Balaban J connectivity index is 1.65. The lowest BCUT2D eigenvalue weighted by atomic mass is 10.1. The zero-order chi connectivity index (χ0) is 17.8. The van der Waals surface area contributed by atoms with Crippen molar-refractivity contribution in [1.29, 1.82) is 0 Å². The normalized spacial score (nSPS) is 11.8. The van der Waals surface area contributed by atoms with Crippen LogP contribution in [0.15, 0.2) is 66.7 Å². The third-order valence-electron chi connectivity index (χ3n) is 3.96. The van der Waals surface area contributed by atoms with Gasteiger partial charge in [0.1, 0.15) is 0 Å². The molecule has 3 aromatic rings. The SMILES string of the molecule is Cc1ccc(C(=O)O[C@H](C)C(=O)Nc2ccc3ccccc3c2)cc1. The molecule has 4 nitrogen and oxygen atoms in total. The molecule has 1 amide bonds. The Labute approximate surface area is 146 Å². The zero-order valence-corrected chi connectivity index (χ0v) is 14.2. The maximum absolute atomic E-state index is 12.3. The number of amides is 1. The van der Waals surface area contributed by atoms with Crippen LogP contribution < -0.4 is 5.32 Å². The van der Waals surface area contributed by atoms with Crippen LogP contribution in [0.2, 0.25) is 0 Å². The number of esters is 1. The molecular formula is C21H19NO3. The number of carbonyl (C=O) groups is 2. The minimum Gasteiger partial charge on any atom is -0.449 e. The molecule has 0 fully saturated rings. The van der Waals surface area contributed by atoms with Crippen LogP contribution in [0.3, 0.4) is 0 Å². The molecule has 0 radical (unpaired) electrons. The number of hydrogen-bond donors (Lipinski definition) is 1. The number of fused-ring (bicyclic) bond motifs is 1. The van der Waals surface area contributed by atoms with Crippen molar-refractivity contribution in [3.05, 3.63) is 77.9 Å². The molecule has 0 heterocycles. The summed E-state index contributed by atoms with van der Waals surface area (Å²) in [7, 11) is 0. The van der Waals surface area contributed by atoms with E-state index in [2.05, 4.69) is 5.32 Å². The van der Waals surface area contributed by atoms with E-state index in [0.29, 0.717) is 11.3 Å². The van der Waals surface area contributed by atoms with Crippen molar-refractivity contribution in [2.75, 3.05) is 5.32 Å². The van der Waals surface area contributed by atoms with Crippen LogP contribution in [0, 0.1) is 6.92 Å². The minimum absolute atomic E-state index is 0.365. The Morgan fingerprint density at radius 1 is 0.920 bits per heavy atom. The highest BCUT2D eigenvalue weighted by molar-refractivity contribution is 5.98. The topological polar surface area (TPSA) is 55.4 Å². The zero-order valence-electron chi connectivity index (χ0n) is 14.2. The second kappa shape index (κ2) is 7.18. The van der Waals surface area contributed by atoms with E-state index < -0.39 is 12.1 Å². The Morgan fingerprint density at radius 3 is 2.32 bits per heavy atom. The van der Waals surface area contributed by atoms with Gasteiger partial charge in [-0.1, -0.05) is 48.0 Å². The quantitative estimate of drug-likeness (QED) is 0.723. The number of hydrogen-bond acceptors (Lipinski definition) is 3. The number of ether oxygens (including phenoxy) is 1. The molecule has 0 spiro atoms. The molecule has 0 aromatic heterocycles. The Hall–Kier alpha value is -3.14. The highest BCUT2D eigenvalue weighted by Crippen LogP contribution is 2.19. The number of rotatable bonds is 4. The van der Waals surface area contributed by atoms with Gasteiger partial charge in [0, 0.05) is 5.69 Å². The number of carbonyl (C=O) groups excluding carboxylic acids is 2. The number of nitrogens with one attached hydrogen (secondary N) is 1. The summed E-state index contributed by atoms with van der Waals surface area (Å²) >= 11 is 0. The highest BCUT2D eigenvalue weighted by atomic mass is 16.5. The van der Waals surface area contributed by atoms with Gasteiger partial charge < -0.3 is 10.1 Å². The maximum atomic E-state index is 12.3. The van der Waals surface area contributed by atoms with Crippen LogP contribution in [0.25, 0.3) is 10.8 Å². The van der Waals surface area contributed by atoms with E-state index in [1.807, 2.05) is 61.5 Å². The van der Waals surface area contributed by atoms with Gasteiger partial charge in [-0.25, -0.2) is 4.79 Å². The average molecular weight is 333 g/mol. The molecule has 126 valence electrons. The second-order valence-electron chi connectivity index (χ2n) is 5.96. The molecule has 3 rings (SSSR count). The molecule has 1 N–H and O–H groups in total. The summed E-state index contributed by atoms with van der Waals surface area (Å²) in [6.07, 6.45) is -0.889. The fourth-order valence-corrected chi connectivity index (χ4v) is 2.48. The summed E-state index contributed by atoms with van der Waals surface area (Å²) in [6.45, 7) is 3.50. The van der Waals surface area contributed by atoms with Crippen molar-refractivity contribution in [1.82, 2.24) is 0 Å². The van der Waals surface area contributed by atoms with E-state index in [1.165, 1.54) is 0 Å². The van der Waals surface area contributed by atoms with Crippen molar-refractivity contribution in [3.8, 4) is 0 Å². The molecule has 0 unspecified atom stereocenters. The van der Waals surface area contributed by atoms with Gasteiger partial charge in [-0.15, -0.1) is 0 Å². The molecule has 0 aliphatic rings. The Kier molecular flexibility index (Phi) is 4.80. The summed E-state index contributed by atoms with van der Waals surface area (Å²) in [5, 5.41) is 4.91. The first-order valence-corrected chi connectivity index (χ1v) is 8.10. The largest absolute Gasteiger partial charge is 0.449 e. The third-order valence-corrected chi connectivity index (χ3v) is 3.96. The first kappa shape index (κ1) is 16.7. The van der Waals surface area contributed by atoms with Crippen LogP contribution in [-0.4, -0.2) is 18.0 Å². The van der Waals surface area contributed by atoms with Crippen LogP contribution in [0.5, 0.6) is 0 Å². The van der Waals surface area contributed by atoms with Gasteiger partial charge >= 0.3 is 5.97 Å². The summed E-state index contributed by atoms with van der Waals surface area (Å²) in [5.74, 6) is -0.878. The van der Waals surface area contributed by atoms with Gasteiger partial charge in [0.15, 0.2) is 6.10 Å². The first-order chi connectivity index (χ1) is 12.0. The molecule has 1 atom stereocenters. The van der Waals surface area contributed by atoms with Crippen molar-refractivity contribution in [2.24, 2.45) is 0 Å². The highest BCUT2D eigenvalue weighted by Gasteiger charge is 2.19. The van der Waals surface area contributed by atoms with Crippen molar-refractivity contribution < 1.29 is 14.3 Å². The van der Waals surface area contributed by atoms with E-state index in [-0.39, 0.29) is 5.91 Å². The fourth-order valence-electron chi connectivity index (χ4n) is 2.48. The molecule has 4 heteroatoms. The number of benzene rings is 3. The standard InChI is InChI=1S/C21H19NO3/c1-14-7-9-17(10-8-14)21(24)25-15(2)20(23)22-19-12-11-16-5-3-4-6-18(16)13-19/h3-13,15H,1-2H3,(H,22,23)/t15-/m1/s1. The van der Waals surface area contributed by atoms with Crippen LogP contribution in [-0.2, 0) is 9.53 Å². The monoisotopic (exact) mass is 333 g/mol. The molecular weight excluding hydrogens is 314 g/mol. The average Bonchev–Trinajstić information content (AvgIpc) is 2.62. The molecule has 25 heavy (non-hydrogen) atoms. The summed E-state index contributed by atoms with van der Waals surface area (Å²) in [4.78, 5) is 24.4. The lowest BCUT2D eigenvalue weighted by Gasteiger charge is -2.14. The lowest BCUT2D eigenvalue weighted by Crippen LogP contribution is -2.30. The van der Waals surface area contributed by atoms with E-state index in [1.54, 1.807) is 19.1 Å². The molecule has 0 aliphatic carbocycles. The van der Waals surface area contributed by atoms with Gasteiger partial charge in [-0.05, 0) is 48.9 Å². The maximum Gasteiger partial charge on any atom is 0.338 e. The second-order valence-corrected chi connectivity index (χ2v) is 5.96. The van der Waals surface area contributed by atoms with Gasteiger partial charge in [0.25, 0.3) is 5.91 Å². The molecule has 0 saturated heterocycles. The van der Waals surface area contributed by atoms with Gasteiger partial charge in [0.2, 0.25) is 0 Å². The van der Waals surface area contributed by atoms with Crippen molar-refractivity contribution >= 4 is 28.3 Å². The number of aryl methyl sites for hydroxylation is 1. The van der Waals surface area contributed by atoms with Crippen molar-refractivity contribution in [2.45, 2.75) is 20.0 Å². The van der Waals surface area contributed by atoms with E-state index >= 15 is 0 Å². The predicted molar refractivity (Wildman–Crippen MR) is 98.6 cm³/mol. The first-order valence-electron chi connectivity index (χ1n) is 8.10. The molecule has 0 aliphatic heterocycles.